The van der Waals surface area contributed by atoms with E-state index in [0.29, 0.717) is 29.0 Å². The van der Waals surface area contributed by atoms with Crippen LogP contribution in [0.25, 0.3) is 0 Å². The van der Waals surface area contributed by atoms with Crippen LogP contribution in [-0.2, 0) is 9.59 Å². The predicted molar refractivity (Wildman–Crippen MR) is 162 cm³/mol. The van der Waals surface area contributed by atoms with E-state index in [0.717, 1.165) is 23.5 Å². The molecule has 0 fully saturated rings. The molecule has 0 saturated carbocycles. The van der Waals surface area contributed by atoms with Crippen LogP contribution in [0.1, 0.15) is 42.2 Å². The molecular weight excluding hydrogens is 568 g/mol. The number of amidine groups is 2. The third-order valence-corrected chi connectivity index (χ3v) is 7.24. The van der Waals surface area contributed by atoms with E-state index in [4.69, 9.17) is 31.1 Å². The highest BCUT2D eigenvalue weighted by Crippen LogP contribution is 2.23. The van der Waals surface area contributed by atoms with Crippen LogP contribution in [0.4, 0.5) is 0 Å². The van der Waals surface area contributed by atoms with Gasteiger partial charge in [-0.05, 0) is 78.2 Å². The first-order chi connectivity index (χ1) is 19.6. The molecule has 2 aromatic carbocycles. The molecule has 2 rings (SSSR count). The summed E-state index contributed by atoms with van der Waals surface area (Å²) in [7, 11) is 2.98. The molecule has 2 amide bonds. The van der Waals surface area contributed by atoms with Gasteiger partial charge in [0.2, 0.25) is 11.8 Å². The number of benzene rings is 2. The highest BCUT2D eigenvalue weighted by Gasteiger charge is 2.23. The fourth-order valence-electron chi connectivity index (χ4n) is 3.60. The van der Waals surface area contributed by atoms with Gasteiger partial charge in [0.15, 0.2) is 10.3 Å². The second-order valence-corrected chi connectivity index (χ2v) is 10.8. The Bertz CT molecular complexity index is 1180. The zero-order valence-electron chi connectivity index (χ0n) is 22.7. The molecule has 41 heavy (non-hydrogen) atoms. The van der Waals surface area contributed by atoms with Gasteiger partial charge >= 0.3 is 0 Å². The van der Waals surface area contributed by atoms with Crippen LogP contribution < -0.4 is 20.1 Å². The quantitative estimate of drug-likeness (QED) is 0.133. The van der Waals surface area contributed by atoms with Gasteiger partial charge in [0.05, 0.1) is 49.4 Å². The Morgan fingerprint density at radius 2 is 1.15 bits per heavy atom. The van der Waals surface area contributed by atoms with Crippen molar-refractivity contribution in [1.82, 2.24) is 10.6 Å². The summed E-state index contributed by atoms with van der Waals surface area (Å²) in [6.07, 6.45) is 0.840. The smallest absolute Gasteiger partial charge is 0.235 e. The monoisotopic (exact) mass is 602 g/mol. The van der Waals surface area contributed by atoms with Crippen LogP contribution in [0.3, 0.4) is 0 Å². The largest absolute Gasteiger partial charge is 0.497 e. The van der Waals surface area contributed by atoms with Crippen molar-refractivity contribution in [2.24, 2.45) is 0 Å². The maximum absolute atomic E-state index is 12.6. The molecule has 12 nitrogen and oxygen atoms in total. The van der Waals surface area contributed by atoms with Gasteiger partial charge < -0.3 is 30.3 Å². The summed E-state index contributed by atoms with van der Waals surface area (Å²) in [5.74, 6) is -1.92. The van der Waals surface area contributed by atoms with Crippen molar-refractivity contribution in [3.8, 4) is 11.5 Å². The maximum atomic E-state index is 12.6. The molecule has 0 heterocycles. The van der Waals surface area contributed by atoms with E-state index in [1.54, 1.807) is 48.5 Å². The van der Waals surface area contributed by atoms with Crippen molar-refractivity contribution in [1.29, 1.82) is 21.6 Å². The molecule has 8 N–H and O–H groups in total. The van der Waals surface area contributed by atoms with Gasteiger partial charge in [-0.25, -0.2) is 0 Å². The van der Waals surface area contributed by atoms with Gasteiger partial charge in [0.1, 0.15) is 11.5 Å². The molecule has 0 saturated heterocycles. The third-order valence-electron chi connectivity index (χ3n) is 5.72. The first-order valence-electron chi connectivity index (χ1n) is 12.4. The number of thioether (sulfide) groups is 2. The van der Waals surface area contributed by atoms with Crippen LogP contribution in [0.15, 0.2) is 48.5 Å². The number of carbonyl (C=O) groups is 2. The number of aliphatic hydroxyl groups excluding tert-OH is 2. The van der Waals surface area contributed by atoms with E-state index in [-0.39, 0.29) is 33.3 Å². The summed E-state index contributed by atoms with van der Waals surface area (Å²) in [6.45, 7) is -0.934. The Balaban J connectivity index is 1.75. The number of aliphatic hydroxyl groups is 2. The Hall–Kier alpha value is -3.72. The lowest BCUT2D eigenvalue weighted by atomic mass is 9.99. The summed E-state index contributed by atoms with van der Waals surface area (Å²) in [6, 6.07) is 13.4. The van der Waals surface area contributed by atoms with Gasteiger partial charge in [0.25, 0.3) is 0 Å². The minimum atomic E-state index is -0.906. The summed E-state index contributed by atoms with van der Waals surface area (Å²) in [4.78, 5) is 25.2. The van der Waals surface area contributed by atoms with Gasteiger partial charge in [-0.3, -0.25) is 31.2 Å². The number of amides is 2. The molecule has 0 aromatic heterocycles. The number of hydrogen-bond donors (Lipinski definition) is 8. The van der Waals surface area contributed by atoms with Gasteiger partial charge in [0, 0.05) is 0 Å². The summed E-state index contributed by atoms with van der Waals surface area (Å²) in [5.41, 5.74) is 1.06. The standard InChI is InChI=1S/C27H34N6O6S2/c1-38-18-8-3-6-16(12-18)20(14-34)24(36)32-26(30)40-22(28)10-5-11-23(29)41-27(31)33-25(37)21(15-35)17-7-4-9-19(13-17)39-2/h3-4,6-9,12-13,20-21,28-29,34-35H,5,10-11,14-15H2,1-2H3,(H2,30,32,36)(H2,31,33,37). The van der Waals surface area contributed by atoms with Gasteiger partial charge in [-0.2, -0.15) is 0 Å². The summed E-state index contributed by atoms with van der Waals surface area (Å²) < 4.78 is 10.3. The Labute approximate surface area is 246 Å². The predicted octanol–water partition coefficient (Wildman–Crippen LogP) is 3.25. The number of methoxy groups -OCH3 is 2. The second-order valence-electron chi connectivity index (χ2n) is 8.56. The molecule has 0 radical (unpaired) electrons. The van der Waals surface area contributed by atoms with Crippen LogP contribution in [-0.4, -0.2) is 69.9 Å². The first-order valence-corrected chi connectivity index (χ1v) is 14.0. The van der Waals surface area contributed by atoms with E-state index >= 15 is 0 Å². The first kappa shape index (κ1) is 33.5. The Morgan fingerprint density at radius 3 is 1.49 bits per heavy atom. The molecule has 14 heteroatoms. The van der Waals surface area contributed by atoms with Crippen LogP contribution in [0, 0.1) is 21.6 Å². The third kappa shape index (κ3) is 11.0. The molecule has 2 atom stereocenters. The highest BCUT2D eigenvalue weighted by molar-refractivity contribution is 8.26. The zero-order valence-corrected chi connectivity index (χ0v) is 24.3. The van der Waals surface area contributed by atoms with E-state index in [2.05, 4.69) is 10.6 Å². The summed E-state index contributed by atoms with van der Waals surface area (Å²) in [5, 5.41) is 56.1. The molecule has 0 spiro atoms. The average molecular weight is 603 g/mol. The normalized spacial score (nSPS) is 12.0. The number of rotatable bonds is 12. The van der Waals surface area contributed by atoms with Crippen molar-refractivity contribution in [2.75, 3.05) is 27.4 Å². The number of carbonyl (C=O) groups excluding carboxylic acids is 2. The van der Waals surface area contributed by atoms with Crippen LogP contribution in [0.5, 0.6) is 11.5 Å². The molecule has 0 aliphatic carbocycles. The van der Waals surface area contributed by atoms with E-state index in [1.807, 2.05) is 0 Å². The van der Waals surface area contributed by atoms with Crippen LogP contribution >= 0.6 is 23.5 Å². The zero-order chi connectivity index (χ0) is 30.4. The summed E-state index contributed by atoms with van der Waals surface area (Å²) >= 11 is 1.52. The minimum absolute atomic E-state index is 0.0995. The fourth-order valence-corrected chi connectivity index (χ4v) is 4.89. The molecule has 2 aromatic rings. The molecule has 2 unspecified atom stereocenters. The molecule has 0 aliphatic rings. The SMILES string of the molecule is COc1cccc(C(CO)C(=O)NC(=N)SC(=N)CCCC(=N)SC(=N)NC(=O)C(CO)c2cccc(OC)c2)c1. The van der Waals surface area contributed by atoms with Crippen molar-refractivity contribution in [3.05, 3.63) is 59.7 Å². The fraction of sp³-hybridized carbons (Fsp3) is 0.333. The van der Waals surface area contributed by atoms with Crippen molar-refractivity contribution < 1.29 is 29.3 Å². The lowest BCUT2D eigenvalue weighted by Crippen LogP contribution is -2.34. The molecule has 220 valence electrons. The number of nitrogens with one attached hydrogen (secondary N) is 6. The molecule has 0 bridgehead atoms. The number of hydrogen-bond acceptors (Lipinski definition) is 12. The van der Waals surface area contributed by atoms with Crippen molar-refractivity contribution >= 4 is 55.8 Å². The lowest BCUT2D eigenvalue weighted by Gasteiger charge is -2.16. The maximum Gasteiger partial charge on any atom is 0.235 e. The lowest BCUT2D eigenvalue weighted by molar-refractivity contribution is -0.122. The number of ether oxygens (including phenoxy) is 2. The van der Waals surface area contributed by atoms with E-state index in [9.17, 15) is 19.8 Å². The molecular formula is C27H34N6O6S2. The van der Waals surface area contributed by atoms with E-state index in [1.165, 1.54) is 14.2 Å². The minimum Gasteiger partial charge on any atom is -0.497 e. The average Bonchev–Trinajstić information content (AvgIpc) is 2.93. The second kappa shape index (κ2) is 17.2. The Kier molecular flexibility index (Phi) is 14.0. The van der Waals surface area contributed by atoms with Crippen molar-refractivity contribution in [3.63, 3.8) is 0 Å². The Morgan fingerprint density at radius 1 is 0.756 bits per heavy atom. The van der Waals surface area contributed by atoms with E-state index < -0.39 is 36.9 Å². The van der Waals surface area contributed by atoms with Crippen molar-refractivity contribution in [2.45, 2.75) is 31.1 Å². The van der Waals surface area contributed by atoms with Gasteiger partial charge in [-0.15, -0.1) is 0 Å². The van der Waals surface area contributed by atoms with Gasteiger partial charge in [-0.1, -0.05) is 24.3 Å². The van der Waals surface area contributed by atoms with Crippen LogP contribution in [0.2, 0.25) is 0 Å². The molecule has 0 aliphatic heterocycles. The highest BCUT2D eigenvalue weighted by atomic mass is 32.2. The topological polar surface area (TPSA) is 213 Å².